The minimum atomic E-state index is -1.72. The van der Waals surface area contributed by atoms with Crippen molar-refractivity contribution in [3.05, 3.63) is 59.7 Å². The Kier molecular flexibility index (Phi) is 11.2. The molecule has 2 aromatic carbocycles. The molecule has 0 aromatic heterocycles. The van der Waals surface area contributed by atoms with E-state index in [2.05, 4.69) is 16.0 Å². The first-order valence-corrected chi connectivity index (χ1v) is 11.7. The van der Waals surface area contributed by atoms with E-state index in [1.54, 1.807) is 0 Å². The number of hydrogen-bond acceptors (Lipinski definition) is 9. The van der Waals surface area contributed by atoms with Crippen LogP contribution in [0.4, 0.5) is 0 Å². The van der Waals surface area contributed by atoms with Crippen LogP contribution in [0.1, 0.15) is 17.5 Å². The van der Waals surface area contributed by atoms with Gasteiger partial charge in [0, 0.05) is 12.8 Å². The van der Waals surface area contributed by atoms with Gasteiger partial charge in [0.15, 0.2) is 0 Å². The van der Waals surface area contributed by atoms with Crippen molar-refractivity contribution in [3.63, 3.8) is 0 Å². The molecule has 14 heteroatoms. The molecule has 0 saturated heterocycles. The van der Waals surface area contributed by atoms with Crippen molar-refractivity contribution in [2.45, 2.75) is 43.4 Å². The molecule has 4 atom stereocenters. The van der Waals surface area contributed by atoms with E-state index in [1.807, 2.05) is 0 Å². The van der Waals surface area contributed by atoms with Crippen LogP contribution >= 0.6 is 0 Å². The smallest absolute Gasteiger partial charge is 0.326 e. The summed E-state index contributed by atoms with van der Waals surface area (Å²) >= 11 is 0. The standard InChI is InChI=1S/C25H30N4O10/c26-17(12-30)22(35)27-18(9-13-1-5-15(31)6-2-13)23(36)28-19(11-21(33)34)24(37)29-20(25(38)39)10-14-3-7-16(32)8-4-14/h1-8,17-20,30-32H,9-12,26H2,(H,27,35)(H,28,36)(H,29,37)(H,33,34)(H,38,39). The maximum atomic E-state index is 13.1. The summed E-state index contributed by atoms with van der Waals surface area (Å²) in [5.74, 6) is -5.96. The second kappa shape index (κ2) is 14.3. The number of aliphatic carboxylic acids is 2. The molecule has 0 bridgehead atoms. The Hall–Kier alpha value is -4.69. The molecule has 210 valence electrons. The van der Waals surface area contributed by atoms with Gasteiger partial charge in [-0.25, -0.2) is 4.79 Å². The van der Waals surface area contributed by atoms with Crippen LogP contribution in [0, 0.1) is 0 Å². The minimum Gasteiger partial charge on any atom is -0.508 e. The molecule has 2 aromatic rings. The van der Waals surface area contributed by atoms with Crippen molar-refractivity contribution in [3.8, 4) is 11.5 Å². The van der Waals surface area contributed by atoms with E-state index in [-0.39, 0.29) is 24.3 Å². The molecule has 3 amide bonds. The molecule has 0 spiro atoms. The molecule has 0 fully saturated rings. The number of carbonyl (C=O) groups is 5. The zero-order valence-electron chi connectivity index (χ0n) is 20.6. The van der Waals surface area contributed by atoms with Gasteiger partial charge in [0.25, 0.3) is 0 Å². The summed E-state index contributed by atoms with van der Waals surface area (Å²) in [5.41, 5.74) is 6.44. The van der Waals surface area contributed by atoms with Gasteiger partial charge in [0.05, 0.1) is 13.0 Å². The molecule has 14 nitrogen and oxygen atoms in total. The van der Waals surface area contributed by atoms with Gasteiger partial charge in [0.1, 0.15) is 35.7 Å². The highest BCUT2D eigenvalue weighted by molar-refractivity contribution is 5.95. The number of aliphatic hydroxyl groups is 1. The largest absolute Gasteiger partial charge is 0.508 e. The number of aromatic hydroxyl groups is 2. The highest BCUT2D eigenvalue weighted by Crippen LogP contribution is 2.13. The zero-order chi connectivity index (χ0) is 29.1. The summed E-state index contributed by atoms with van der Waals surface area (Å²) < 4.78 is 0. The summed E-state index contributed by atoms with van der Waals surface area (Å²) in [6, 6.07) is 5.20. The lowest BCUT2D eigenvalue weighted by atomic mass is 10.0. The Morgan fingerprint density at radius 1 is 0.667 bits per heavy atom. The SMILES string of the molecule is NC(CO)C(=O)NC(Cc1ccc(O)cc1)C(=O)NC(CC(=O)O)C(=O)NC(Cc1ccc(O)cc1)C(=O)O. The maximum absolute atomic E-state index is 13.1. The van der Waals surface area contributed by atoms with Crippen molar-refractivity contribution in [1.82, 2.24) is 16.0 Å². The summed E-state index contributed by atoms with van der Waals surface area (Å²) in [6.45, 7) is -0.721. The quantitative estimate of drug-likeness (QED) is 0.128. The second-order valence-electron chi connectivity index (χ2n) is 8.65. The van der Waals surface area contributed by atoms with Crippen LogP contribution in [0.3, 0.4) is 0 Å². The van der Waals surface area contributed by atoms with Crippen LogP contribution in [-0.4, -0.2) is 86.0 Å². The van der Waals surface area contributed by atoms with E-state index in [9.17, 15) is 44.4 Å². The first kappa shape index (κ1) is 30.5. The van der Waals surface area contributed by atoms with E-state index >= 15 is 0 Å². The average molecular weight is 547 g/mol. The van der Waals surface area contributed by atoms with Gasteiger partial charge in [-0.1, -0.05) is 24.3 Å². The molecule has 0 heterocycles. The van der Waals surface area contributed by atoms with Gasteiger partial charge >= 0.3 is 11.9 Å². The predicted octanol–water partition coefficient (Wildman–Crippen LogP) is -1.78. The van der Waals surface area contributed by atoms with Crippen molar-refractivity contribution >= 4 is 29.7 Å². The Morgan fingerprint density at radius 3 is 1.51 bits per heavy atom. The van der Waals surface area contributed by atoms with E-state index in [0.717, 1.165) is 0 Å². The van der Waals surface area contributed by atoms with E-state index in [0.29, 0.717) is 11.1 Å². The number of carbonyl (C=O) groups excluding carboxylic acids is 3. The fourth-order valence-electron chi connectivity index (χ4n) is 3.44. The van der Waals surface area contributed by atoms with E-state index in [1.165, 1.54) is 48.5 Å². The van der Waals surface area contributed by atoms with Crippen LogP contribution in [0.15, 0.2) is 48.5 Å². The van der Waals surface area contributed by atoms with Crippen LogP contribution in [0.25, 0.3) is 0 Å². The third-order valence-corrected chi connectivity index (χ3v) is 5.55. The van der Waals surface area contributed by atoms with Gasteiger partial charge in [-0.15, -0.1) is 0 Å². The highest BCUT2D eigenvalue weighted by Gasteiger charge is 2.32. The monoisotopic (exact) mass is 546 g/mol. The zero-order valence-corrected chi connectivity index (χ0v) is 20.6. The summed E-state index contributed by atoms with van der Waals surface area (Å²) in [5, 5.41) is 53.7. The molecule has 0 saturated carbocycles. The number of nitrogens with one attached hydrogen (secondary N) is 3. The predicted molar refractivity (Wildman–Crippen MR) is 134 cm³/mol. The Bertz CT molecular complexity index is 1170. The van der Waals surface area contributed by atoms with Crippen molar-refractivity contribution in [2.75, 3.05) is 6.61 Å². The number of amides is 3. The molecule has 2 rings (SSSR count). The molecule has 0 aliphatic carbocycles. The summed E-state index contributed by atoms with van der Waals surface area (Å²) in [6.07, 6.45) is -1.26. The van der Waals surface area contributed by atoms with Gasteiger partial charge < -0.3 is 47.2 Å². The molecular weight excluding hydrogens is 516 g/mol. The number of carboxylic acid groups (broad SMARTS) is 2. The number of benzene rings is 2. The van der Waals surface area contributed by atoms with Gasteiger partial charge in [-0.05, 0) is 35.4 Å². The molecule has 0 radical (unpaired) electrons. The van der Waals surface area contributed by atoms with Gasteiger partial charge in [-0.2, -0.15) is 0 Å². The van der Waals surface area contributed by atoms with Gasteiger partial charge in [-0.3, -0.25) is 19.2 Å². The number of phenols is 2. The topological polar surface area (TPSA) is 249 Å². The third-order valence-electron chi connectivity index (χ3n) is 5.55. The first-order valence-electron chi connectivity index (χ1n) is 11.7. The molecule has 0 aliphatic heterocycles. The summed E-state index contributed by atoms with van der Waals surface area (Å²) in [7, 11) is 0. The minimum absolute atomic E-state index is 0.0483. The number of phenolic OH excluding ortho intramolecular Hbond substituents is 2. The number of carboxylic acids is 2. The average Bonchev–Trinajstić information content (AvgIpc) is 2.88. The fraction of sp³-hybridized carbons (Fsp3) is 0.320. The highest BCUT2D eigenvalue weighted by atomic mass is 16.4. The molecule has 10 N–H and O–H groups in total. The van der Waals surface area contributed by atoms with Crippen LogP contribution in [-0.2, 0) is 36.8 Å². The Labute approximate surface area is 222 Å². The van der Waals surface area contributed by atoms with E-state index < -0.39 is 66.9 Å². The first-order chi connectivity index (χ1) is 18.4. The van der Waals surface area contributed by atoms with Crippen LogP contribution in [0.2, 0.25) is 0 Å². The third kappa shape index (κ3) is 9.94. The van der Waals surface area contributed by atoms with Crippen LogP contribution in [0.5, 0.6) is 11.5 Å². The fourth-order valence-corrected chi connectivity index (χ4v) is 3.44. The lowest BCUT2D eigenvalue weighted by Gasteiger charge is -2.24. The molecule has 0 aliphatic rings. The Balaban J connectivity index is 2.23. The van der Waals surface area contributed by atoms with Crippen molar-refractivity contribution in [2.24, 2.45) is 5.73 Å². The number of aliphatic hydroxyl groups excluding tert-OH is 1. The molecule has 39 heavy (non-hydrogen) atoms. The van der Waals surface area contributed by atoms with Gasteiger partial charge in [0.2, 0.25) is 17.7 Å². The lowest BCUT2D eigenvalue weighted by Crippen LogP contribution is -2.58. The van der Waals surface area contributed by atoms with Crippen molar-refractivity contribution in [1.29, 1.82) is 0 Å². The molecular formula is C25H30N4O10. The van der Waals surface area contributed by atoms with Crippen molar-refractivity contribution < 1.29 is 49.5 Å². The van der Waals surface area contributed by atoms with Crippen LogP contribution < -0.4 is 21.7 Å². The second-order valence-corrected chi connectivity index (χ2v) is 8.65. The summed E-state index contributed by atoms with van der Waals surface area (Å²) in [4.78, 5) is 61.5. The number of rotatable bonds is 14. The number of hydrogen-bond donors (Lipinski definition) is 9. The number of nitrogens with two attached hydrogens (primary N) is 1. The lowest BCUT2D eigenvalue weighted by molar-refractivity contribution is -0.143. The Morgan fingerprint density at radius 2 is 1.08 bits per heavy atom. The van der Waals surface area contributed by atoms with E-state index in [4.69, 9.17) is 10.8 Å². The molecule has 4 unspecified atom stereocenters. The maximum Gasteiger partial charge on any atom is 0.326 e. The normalized spacial score (nSPS) is 13.8.